The van der Waals surface area contributed by atoms with Gasteiger partial charge in [0.1, 0.15) is 11.7 Å². The van der Waals surface area contributed by atoms with Gasteiger partial charge in [0.15, 0.2) is 0 Å². The maximum atomic E-state index is 12.0. The normalized spacial score (nSPS) is 33.2. The molecule has 1 fully saturated rings. The summed E-state index contributed by atoms with van der Waals surface area (Å²) in [5.41, 5.74) is -0.295. The lowest BCUT2D eigenvalue weighted by molar-refractivity contribution is -0.160. The number of methoxy groups -OCH3 is 1. The zero-order valence-electron chi connectivity index (χ0n) is 11.0. The molecule has 0 saturated heterocycles. The van der Waals surface area contributed by atoms with E-state index in [1.807, 2.05) is 13.0 Å². The molecule has 1 rings (SSSR count). The molecule has 0 aromatic heterocycles. The molecule has 0 bridgehead atoms. The van der Waals surface area contributed by atoms with Crippen molar-refractivity contribution in [2.45, 2.75) is 39.5 Å². The van der Waals surface area contributed by atoms with Crippen molar-refractivity contribution in [3.05, 3.63) is 12.7 Å². The van der Waals surface area contributed by atoms with Gasteiger partial charge < -0.3 is 4.74 Å². The number of ether oxygens (including phenoxy) is 1. The average molecular weight is 238 g/mol. The highest BCUT2D eigenvalue weighted by Crippen LogP contribution is 2.47. The lowest BCUT2D eigenvalue weighted by Gasteiger charge is -2.43. The molecule has 0 aliphatic heterocycles. The third kappa shape index (κ3) is 2.59. The molecule has 1 unspecified atom stereocenters. The SMILES string of the molecule is C=CCC[C@]1(C)C(C(=O)OC)C(=O)CC[C@H]1C. The summed E-state index contributed by atoms with van der Waals surface area (Å²) in [6.07, 6.45) is 4.82. The van der Waals surface area contributed by atoms with E-state index in [0.717, 1.165) is 19.3 Å². The van der Waals surface area contributed by atoms with Gasteiger partial charge in [-0.05, 0) is 30.6 Å². The van der Waals surface area contributed by atoms with Crippen LogP contribution in [-0.4, -0.2) is 18.9 Å². The number of esters is 1. The monoisotopic (exact) mass is 238 g/mol. The molecule has 3 nitrogen and oxygen atoms in total. The third-order valence-corrected chi connectivity index (χ3v) is 4.25. The lowest BCUT2D eigenvalue weighted by Crippen LogP contribution is -2.47. The van der Waals surface area contributed by atoms with Gasteiger partial charge in [0.2, 0.25) is 0 Å². The molecule has 3 heteroatoms. The molecule has 0 N–H and O–H groups in total. The summed E-state index contributed by atoms with van der Waals surface area (Å²) in [5.74, 6) is -0.602. The maximum Gasteiger partial charge on any atom is 0.316 e. The zero-order chi connectivity index (χ0) is 13.1. The number of rotatable bonds is 4. The number of allylic oxidation sites excluding steroid dienone is 1. The number of hydrogen-bond acceptors (Lipinski definition) is 3. The predicted molar refractivity (Wildman–Crippen MR) is 66.4 cm³/mol. The van der Waals surface area contributed by atoms with E-state index < -0.39 is 5.92 Å². The molecule has 96 valence electrons. The molecule has 0 aromatic carbocycles. The highest BCUT2D eigenvalue weighted by Gasteiger charge is 2.49. The fourth-order valence-corrected chi connectivity index (χ4v) is 2.81. The van der Waals surface area contributed by atoms with Gasteiger partial charge in [0, 0.05) is 6.42 Å². The molecular weight excluding hydrogens is 216 g/mol. The second kappa shape index (κ2) is 5.48. The molecular formula is C14H22O3. The molecule has 0 spiro atoms. The third-order valence-electron chi connectivity index (χ3n) is 4.25. The lowest BCUT2D eigenvalue weighted by atomic mass is 9.59. The van der Waals surface area contributed by atoms with Gasteiger partial charge in [0.25, 0.3) is 0 Å². The van der Waals surface area contributed by atoms with Gasteiger partial charge in [-0.25, -0.2) is 0 Å². The number of Topliss-reactive ketones (excluding diaryl/α,β-unsaturated/α-hetero) is 1. The smallest absolute Gasteiger partial charge is 0.316 e. The zero-order valence-corrected chi connectivity index (χ0v) is 11.0. The van der Waals surface area contributed by atoms with Gasteiger partial charge in [-0.2, -0.15) is 0 Å². The molecule has 1 aliphatic carbocycles. The van der Waals surface area contributed by atoms with Gasteiger partial charge in [-0.3, -0.25) is 9.59 Å². The van der Waals surface area contributed by atoms with Crippen molar-refractivity contribution < 1.29 is 14.3 Å². The Labute approximate surface area is 103 Å². The summed E-state index contributed by atoms with van der Waals surface area (Å²) in [7, 11) is 1.35. The fourth-order valence-electron chi connectivity index (χ4n) is 2.81. The number of carbonyl (C=O) groups is 2. The van der Waals surface area contributed by atoms with E-state index in [9.17, 15) is 9.59 Å². The summed E-state index contributed by atoms with van der Waals surface area (Å²) in [4.78, 5) is 23.8. The first-order valence-electron chi connectivity index (χ1n) is 6.18. The van der Waals surface area contributed by atoms with Crippen LogP contribution in [0.1, 0.15) is 39.5 Å². The van der Waals surface area contributed by atoms with Crippen molar-refractivity contribution in [2.24, 2.45) is 17.3 Å². The Bertz CT molecular complexity index is 313. The van der Waals surface area contributed by atoms with E-state index in [4.69, 9.17) is 4.74 Å². The van der Waals surface area contributed by atoms with Crippen LogP contribution in [0.5, 0.6) is 0 Å². The Morgan fingerprint density at radius 1 is 1.65 bits per heavy atom. The molecule has 0 amide bonds. The Hall–Kier alpha value is -1.12. The first-order chi connectivity index (χ1) is 7.97. The van der Waals surface area contributed by atoms with Crippen LogP contribution >= 0.6 is 0 Å². The highest BCUT2D eigenvalue weighted by atomic mass is 16.5. The largest absolute Gasteiger partial charge is 0.468 e. The number of hydrogen-bond donors (Lipinski definition) is 0. The van der Waals surface area contributed by atoms with Gasteiger partial charge in [0.05, 0.1) is 7.11 Å². The molecule has 1 aliphatic rings. The van der Waals surface area contributed by atoms with E-state index in [0.29, 0.717) is 12.3 Å². The Balaban J connectivity index is 3.02. The van der Waals surface area contributed by atoms with Crippen molar-refractivity contribution in [1.82, 2.24) is 0 Å². The molecule has 0 radical (unpaired) electrons. The van der Waals surface area contributed by atoms with E-state index in [2.05, 4.69) is 13.5 Å². The molecule has 0 aromatic rings. The molecule has 1 saturated carbocycles. The van der Waals surface area contributed by atoms with Crippen molar-refractivity contribution in [2.75, 3.05) is 7.11 Å². The fraction of sp³-hybridized carbons (Fsp3) is 0.714. The van der Waals surface area contributed by atoms with Crippen molar-refractivity contribution >= 4 is 11.8 Å². The van der Waals surface area contributed by atoms with Crippen molar-refractivity contribution in [3.63, 3.8) is 0 Å². The summed E-state index contributed by atoms with van der Waals surface area (Å²) in [6, 6.07) is 0. The van der Waals surface area contributed by atoms with E-state index in [1.165, 1.54) is 7.11 Å². The average Bonchev–Trinajstić information content (AvgIpc) is 2.31. The second-order valence-electron chi connectivity index (χ2n) is 5.20. The highest BCUT2D eigenvalue weighted by molar-refractivity contribution is 6.00. The molecule has 3 atom stereocenters. The van der Waals surface area contributed by atoms with Crippen LogP contribution in [0.15, 0.2) is 12.7 Å². The minimum absolute atomic E-state index is 0.0292. The summed E-state index contributed by atoms with van der Waals surface area (Å²) >= 11 is 0. The second-order valence-corrected chi connectivity index (χ2v) is 5.20. The first kappa shape index (κ1) is 13.9. The van der Waals surface area contributed by atoms with E-state index in [1.54, 1.807) is 0 Å². The maximum absolute atomic E-state index is 12.0. The van der Waals surface area contributed by atoms with Crippen molar-refractivity contribution in [3.8, 4) is 0 Å². The van der Waals surface area contributed by atoms with Crippen LogP contribution < -0.4 is 0 Å². The molecule has 0 heterocycles. The van der Waals surface area contributed by atoms with Crippen LogP contribution in [-0.2, 0) is 14.3 Å². The number of carbonyl (C=O) groups excluding carboxylic acids is 2. The van der Waals surface area contributed by atoms with E-state index >= 15 is 0 Å². The topological polar surface area (TPSA) is 43.4 Å². The van der Waals surface area contributed by atoms with E-state index in [-0.39, 0.29) is 17.2 Å². The van der Waals surface area contributed by atoms with Crippen LogP contribution in [0.2, 0.25) is 0 Å². The summed E-state index contributed by atoms with van der Waals surface area (Å²) in [5, 5.41) is 0. The Kier molecular flexibility index (Phi) is 4.49. The van der Waals surface area contributed by atoms with Crippen LogP contribution in [0.4, 0.5) is 0 Å². The quantitative estimate of drug-likeness (QED) is 0.429. The summed E-state index contributed by atoms with van der Waals surface area (Å²) < 4.78 is 4.80. The Morgan fingerprint density at radius 3 is 2.82 bits per heavy atom. The predicted octanol–water partition coefficient (Wildman–Crippen LogP) is 2.75. The molecule has 17 heavy (non-hydrogen) atoms. The van der Waals surface area contributed by atoms with Gasteiger partial charge in [-0.15, -0.1) is 6.58 Å². The first-order valence-corrected chi connectivity index (χ1v) is 6.18. The van der Waals surface area contributed by atoms with Gasteiger partial charge in [-0.1, -0.05) is 19.9 Å². The minimum atomic E-state index is -0.601. The number of ketones is 1. The van der Waals surface area contributed by atoms with Gasteiger partial charge >= 0.3 is 5.97 Å². The Morgan fingerprint density at radius 2 is 2.29 bits per heavy atom. The van der Waals surface area contributed by atoms with Crippen LogP contribution in [0.3, 0.4) is 0 Å². The summed E-state index contributed by atoms with van der Waals surface area (Å²) in [6.45, 7) is 7.85. The van der Waals surface area contributed by atoms with Crippen LogP contribution in [0, 0.1) is 17.3 Å². The minimum Gasteiger partial charge on any atom is -0.468 e. The van der Waals surface area contributed by atoms with Crippen LogP contribution in [0.25, 0.3) is 0 Å². The standard InChI is InChI=1S/C14H22O3/c1-5-6-9-14(3)10(2)7-8-11(15)12(14)13(16)17-4/h5,10,12H,1,6-9H2,2-4H3/t10-,12?,14+/m1/s1. The van der Waals surface area contributed by atoms with Crippen molar-refractivity contribution in [1.29, 1.82) is 0 Å².